The Kier molecular flexibility index (Phi) is 2.76. The van der Waals surface area contributed by atoms with E-state index in [1.807, 2.05) is 6.92 Å². The van der Waals surface area contributed by atoms with Crippen molar-refractivity contribution in [2.45, 2.75) is 11.1 Å². The fraction of sp³-hybridized carbons (Fsp3) is 0.125. The molecule has 0 saturated heterocycles. The highest BCUT2D eigenvalue weighted by Gasteiger charge is 2.16. The fourth-order valence-corrected chi connectivity index (χ4v) is 3.92. The van der Waals surface area contributed by atoms with Gasteiger partial charge in [0.1, 0.15) is 4.21 Å². The highest BCUT2D eigenvalue weighted by Crippen LogP contribution is 2.22. The molecule has 0 bridgehead atoms. The summed E-state index contributed by atoms with van der Waals surface area (Å²) in [7, 11) is -3.44. The van der Waals surface area contributed by atoms with Crippen LogP contribution in [0.4, 0.5) is 5.13 Å². The SMILES string of the molecule is Cc1csc(NS(=O)(=O)c2cccs2)n1. The summed E-state index contributed by atoms with van der Waals surface area (Å²) in [6, 6.07) is 3.26. The predicted octanol–water partition coefficient (Wildman–Crippen LogP) is 2.31. The third kappa shape index (κ3) is 2.36. The van der Waals surface area contributed by atoms with E-state index in [-0.39, 0.29) is 0 Å². The number of rotatable bonds is 3. The summed E-state index contributed by atoms with van der Waals surface area (Å²) in [4.78, 5) is 4.04. The molecule has 15 heavy (non-hydrogen) atoms. The Hall–Kier alpha value is -0.920. The number of hydrogen-bond donors (Lipinski definition) is 1. The van der Waals surface area contributed by atoms with Gasteiger partial charge in [-0.1, -0.05) is 6.07 Å². The number of aromatic nitrogens is 1. The topological polar surface area (TPSA) is 59.1 Å². The summed E-state index contributed by atoms with van der Waals surface area (Å²) in [6.07, 6.45) is 0. The van der Waals surface area contributed by atoms with Crippen molar-refractivity contribution in [2.75, 3.05) is 4.72 Å². The first kappa shape index (κ1) is 10.6. The summed E-state index contributed by atoms with van der Waals surface area (Å²) in [5.74, 6) is 0. The van der Waals surface area contributed by atoms with E-state index < -0.39 is 10.0 Å². The highest BCUT2D eigenvalue weighted by atomic mass is 32.2. The predicted molar refractivity (Wildman–Crippen MR) is 62.0 cm³/mol. The maximum Gasteiger partial charge on any atom is 0.273 e. The van der Waals surface area contributed by atoms with Crippen LogP contribution in [0.5, 0.6) is 0 Å². The fourth-order valence-electron chi connectivity index (χ4n) is 0.982. The van der Waals surface area contributed by atoms with Crippen LogP contribution >= 0.6 is 22.7 Å². The van der Waals surface area contributed by atoms with Crippen LogP contribution in [-0.2, 0) is 10.0 Å². The van der Waals surface area contributed by atoms with Gasteiger partial charge in [0.15, 0.2) is 5.13 Å². The van der Waals surface area contributed by atoms with Crippen LogP contribution in [0.3, 0.4) is 0 Å². The molecule has 0 radical (unpaired) electrons. The second kappa shape index (κ2) is 3.92. The molecule has 2 heterocycles. The summed E-state index contributed by atoms with van der Waals surface area (Å²) >= 11 is 2.46. The maximum absolute atomic E-state index is 11.7. The molecule has 0 fully saturated rings. The number of aryl methyl sites for hydroxylation is 1. The number of anilines is 1. The van der Waals surface area contributed by atoms with Crippen LogP contribution in [0.2, 0.25) is 0 Å². The van der Waals surface area contributed by atoms with Crippen molar-refractivity contribution in [3.63, 3.8) is 0 Å². The van der Waals surface area contributed by atoms with Crippen LogP contribution in [0.25, 0.3) is 0 Å². The zero-order valence-corrected chi connectivity index (χ0v) is 10.2. The van der Waals surface area contributed by atoms with E-state index in [4.69, 9.17) is 0 Å². The van der Waals surface area contributed by atoms with E-state index in [1.165, 1.54) is 22.7 Å². The number of sulfonamides is 1. The maximum atomic E-state index is 11.7. The number of thiophene rings is 1. The van der Waals surface area contributed by atoms with E-state index in [0.717, 1.165) is 5.69 Å². The van der Waals surface area contributed by atoms with Gasteiger partial charge in [-0.15, -0.1) is 22.7 Å². The van der Waals surface area contributed by atoms with Gasteiger partial charge in [-0.3, -0.25) is 4.72 Å². The van der Waals surface area contributed by atoms with Gasteiger partial charge in [0, 0.05) is 5.38 Å². The third-order valence-electron chi connectivity index (χ3n) is 1.60. The van der Waals surface area contributed by atoms with Gasteiger partial charge < -0.3 is 0 Å². The van der Waals surface area contributed by atoms with Crippen molar-refractivity contribution in [3.8, 4) is 0 Å². The van der Waals surface area contributed by atoms with Crippen molar-refractivity contribution < 1.29 is 8.42 Å². The van der Waals surface area contributed by atoms with E-state index >= 15 is 0 Å². The molecule has 0 aliphatic heterocycles. The minimum Gasteiger partial charge on any atom is -0.254 e. The molecular formula is C8H8N2O2S3. The Morgan fingerprint density at radius 3 is 2.73 bits per heavy atom. The lowest BCUT2D eigenvalue weighted by molar-refractivity contribution is 0.603. The highest BCUT2D eigenvalue weighted by molar-refractivity contribution is 7.94. The normalized spacial score (nSPS) is 11.5. The van der Waals surface area contributed by atoms with Crippen molar-refractivity contribution >= 4 is 37.8 Å². The van der Waals surface area contributed by atoms with Crippen LogP contribution < -0.4 is 4.72 Å². The van der Waals surface area contributed by atoms with Gasteiger partial charge in [-0.2, -0.15) is 0 Å². The smallest absolute Gasteiger partial charge is 0.254 e. The van der Waals surface area contributed by atoms with Gasteiger partial charge in [0.25, 0.3) is 10.0 Å². The van der Waals surface area contributed by atoms with Gasteiger partial charge in [-0.05, 0) is 18.4 Å². The van der Waals surface area contributed by atoms with Gasteiger partial charge >= 0.3 is 0 Å². The molecule has 0 spiro atoms. The quantitative estimate of drug-likeness (QED) is 0.921. The minimum absolute atomic E-state index is 0.301. The number of hydrogen-bond acceptors (Lipinski definition) is 5. The van der Waals surface area contributed by atoms with Crippen molar-refractivity contribution in [2.24, 2.45) is 0 Å². The van der Waals surface area contributed by atoms with Crippen molar-refractivity contribution in [1.82, 2.24) is 4.98 Å². The molecule has 2 rings (SSSR count). The van der Waals surface area contributed by atoms with E-state index in [9.17, 15) is 8.42 Å². The van der Waals surface area contributed by atoms with Crippen LogP contribution in [-0.4, -0.2) is 13.4 Å². The van der Waals surface area contributed by atoms with Crippen LogP contribution in [0.15, 0.2) is 27.1 Å². The second-order valence-electron chi connectivity index (χ2n) is 2.83. The van der Waals surface area contributed by atoms with Crippen LogP contribution in [0.1, 0.15) is 5.69 Å². The van der Waals surface area contributed by atoms with Gasteiger partial charge in [-0.25, -0.2) is 13.4 Å². The van der Waals surface area contributed by atoms with E-state index in [0.29, 0.717) is 9.34 Å². The standard InChI is InChI=1S/C8H8N2O2S3/c1-6-5-14-8(9-6)10-15(11,12)7-3-2-4-13-7/h2-5H,1H3,(H,9,10). The molecule has 0 aliphatic rings. The molecule has 0 unspecified atom stereocenters. The average Bonchev–Trinajstić information content (AvgIpc) is 2.75. The molecule has 2 aromatic heterocycles. The second-order valence-corrected chi connectivity index (χ2v) is 6.55. The summed E-state index contributed by atoms with van der Waals surface area (Å²) in [5.41, 5.74) is 0.809. The summed E-state index contributed by atoms with van der Waals surface area (Å²) in [5, 5.41) is 3.93. The molecule has 0 aliphatic carbocycles. The lowest BCUT2D eigenvalue weighted by Gasteiger charge is -2.00. The average molecular weight is 260 g/mol. The third-order valence-corrected chi connectivity index (χ3v) is 5.34. The molecule has 80 valence electrons. The molecule has 0 atom stereocenters. The lowest BCUT2D eigenvalue weighted by atomic mass is 10.6. The first-order chi connectivity index (χ1) is 7.08. The first-order valence-electron chi connectivity index (χ1n) is 4.06. The Morgan fingerprint density at radius 1 is 1.40 bits per heavy atom. The first-order valence-corrected chi connectivity index (χ1v) is 7.30. The largest absolute Gasteiger partial charge is 0.273 e. The monoisotopic (exact) mass is 260 g/mol. The summed E-state index contributed by atoms with van der Waals surface area (Å²) < 4.78 is 26.2. The molecule has 0 saturated carbocycles. The van der Waals surface area contributed by atoms with Gasteiger partial charge in [0.2, 0.25) is 0 Å². The van der Waals surface area contributed by atoms with E-state index in [2.05, 4.69) is 9.71 Å². The number of nitrogens with one attached hydrogen (secondary N) is 1. The van der Waals surface area contributed by atoms with Gasteiger partial charge in [0.05, 0.1) is 5.69 Å². The Bertz CT molecular complexity index is 542. The molecule has 0 amide bonds. The number of thiazole rings is 1. The molecule has 2 aromatic rings. The molecule has 7 heteroatoms. The molecule has 4 nitrogen and oxygen atoms in total. The van der Waals surface area contributed by atoms with Crippen molar-refractivity contribution in [1.29, 1.82) is 0 Å². The van der Waals surface area contributed by atoms with E-state index in [1.54, 1.807) is 22.9 Å². The zero-order valence-electron chi connectivity index (χ0n) is 7.80. The Morgan fingerprint density at radius 2 is 2.20 bits per heavy atom. The summed E-state index contributed by atoms with van der Waals surface area (Å²) in [6.45, 7) is 1.82. The number of nitrogens with zero attached hydrogens (tertiary/aromatic N) is 1. The molecule has 0 aromatic carbocycles. The van der Waals surface area contributed by atoms with Crippen LogP contribution in [0, 0.1) is 6.92 Å². The Balaban J connectivity index is 2.26. The molecule has 1 N–H and O–H groups in total. The van der Waals surface area contributed by atoms with Crippen molar-refractivity contribution in [3.05, 3.63) is 28.6 Å². The zero-order chi connectivity index (χ0) is 10.9. The minimum atomic E-state index is -3.44. The molecular weight excluding hydrogens is 252 g/mol. The Labute approximate surface area is 95.7 Å². The lowest BCUT2D eigenvalue weighted by Crippen LogP contribution is -2.11.